The van der Waals surface area contributed by atoms with Crippen molar-refractivity contribution in [1.82, 2.24) is 15.0 Å². The average molecular weight is 357 g/mol. The molecule has 2 aliphatic rings. The van der Waals surface area contributed by atoms with E-state index in [-0.39, 0.29) is 29.9 Å². The van der Waals surface area contributed by atoms with Gasteiger partial charge in [-0.05, 0) is 22.5 Å². The van der Waals surface area contributed by atoms with Gasteiger partial charge in [0.2, 0.25) is 5.91 Å². The molecule has 1 fully saturated rings. The Hall–Kier alpha value is -3.43. The van der Waals surface area contributed by atoms with E-state index < -0.39 is 23.2 Å². The molecule has 1 unspecified atom stereocenters. The van der Waals surface area contributed by atoms with Crippen molar-refractivity contribution in [1.29, 1.82) is 0 Å². The Morgan fingerprint density at radius 1 is 1.35 bits per heavy atom. The fourth-order valence-corrected chi connectivity index (χ4v) is 3.57. The summed E-state index contributed by atoms with van der Waals surface area (Å²) in [5.41, 5.74) is 6.07. The summed E-state index contributed by atoms with van der Waals surface area (Å²) in [6, 6.07) is 7.47. The lowest BCUT2D eigenvalue weighted by atomic mass is 9.90. The van der Waals surface area contributed by atoms with Crippen LogP contribution in [0.1, 0.15) is 38.1 Å². The second-order valence-electron chi connectivity index (χ2n) is 6.23. The second-order valence-corrected chi connectivity index (χ2v) is 6.23. The normalized spacial score (nSPS) is 19.1. The summed E-state index contributed by atoms with van der Waals surface area (Å²) in [4.78, 5) is 39.5. The number of fused-ring (bicyclic) bond motifs is 3. The molecule has 0 saturated carbocycles. The number of nitrogens with two attached hydrogens (primary N) is 1. The van der Waals surface area contributed by atoms with Crippen molar-refractivity contribution in [3.63, 3.8) is 0 Å². The van der Waals surface area contributed by atoms with E-state index in [9.17, 15) is 19.6 Å². The van der Waals surface area contributed by atoms with Gasteiger partial charge in [0.25, 0.3) is 11.6 Å². The van der Waals surface area contributed by atoms with Gasteiger partial charge in [0.1, 0.15) is 6.54 Å². The summed E-state index contributed by atoms with van der Waals surface area (Å²) >= 11 is 0. The molecule has 0 radical (unpaired) electrons. The van der Waals surface area contributed by atoms with Crippen LogP contribution in [0.2, 0.25) is 0 Å². The lowest BCUT2D eigenvalue weighted by Gasteiger charge is -2.44. The molecule has 1 atom stereocenters. The van der Waals surface area contributed by atoms with E-state index in [1.807, 2.05) is 24.3 Å². The number of amides is 3. The Kier molecular flexibility index (Phi) is 3.60. The molecule has 3 amide bonds. The second kappa shape index (κ2) is 5.83. The molecule has 3 heterocycles. The molecule has 4 rings (SSSR count). The minimum absolute atomic E-state index is 0.165. The highest BCUT2D eigenvalue weighted by Crippen LogP contribution is 2.33. The van der Waals surface area contributed by atoms with Gasteiger partial charge >= 0.3 is 11.6 Å². The molecule has 2 aliphatic heterocycles. The van der Waals surface area contributed by atoms with Crippen molar-refractivity contribution < 1.29 is 23.9 Å². The van der Waals surface area contributed by atoms with Gasteiger partial charge in [-0.2, -0.15) is 0 Å². The van der Waals surface area contributed by atoms with Crippen LogP contribution in [0.25, 0.3) is 0 Å². The van der Waals surface area contributed by atoms with E-state index in [2.05, 4.69) is 9.79 Å². The molecule has 0 spiro atoms. The third kappa shape index (κ3) is 2.38. The number of primary amides is 1. The Morgan fingerprint density at radius 2 is 2.12 bits per heavy atom. The van der Waals surface area contributed by atoms with Gasteiger partial charge in [-0.25, -0.2) is 0 Å². The van der Waals surface area contributed by atoms with Crippen molar-refractivity contribution in [2.75, 3.05) is 19.6 Å². The standard InChI is InChI=1S/C16H15N5O5/c17-15(23)14-13(18-26-21(14)25)16(24)19-7-11-10-4-2-1-3-9(10)5-6-20(11)12(22)8-19/h1-4,11H,5-8H2,(H2,17,23). The number of hydrogen-bond acceptors (Lipinski definition) is 6. The van der Waals surface area contributed by atoms with Crippen LogP contribution < -0.4 is 10.6 Å². The van der Waals surface area contributed by atoms with Gasteiger partial charge in [0.15, 0.2) is 0 Å². The predicted octanol–water partition coefficient (Wildman–Crippen LogP) is -1.01. The molecule has 134 valence electrons. The number of rotatable bonds is 2. The van der Waals surface area contributed by atoms with Crippen molar-refractivity contribution >= 4 is 17.7 Å². The number of hydrogen-bond donors (Lipinski definition) is 1. The Labute approximate surface area is 147 Å². The summed E-state index contributed by atoms with van der Waals surface area (Å²) < 4.78 is 4.33. The van der Waals surface area contributed by atoms with E-state index in [0.717, 1.165) is 17.5 Å². The number of carbonyl (C=O) groups is 3. The van der Waals surface area contributed by atoms with E-state index in [1.165, 1.54) is 4.90 Å². The van der Waals surface area contributed by atoms with Crippen LogP contribution >= 0.6 is 0 Å². The molecule has 2 aromatic rings. The maximum absolute atomic E-state index is 12.7. The summed E-state index contributed by atoms with van der Waals surface area (Å²) in [7, 11) is 0. The summed E-state index contributed by atoms with van der Waals surface area (Å²) in [6.45, 7) is 0.645. The van der Waals surface area contributed by atoms with Crippen molar-refractivity contribution in [2.24, 2.45) is 5.73 Å². The third-order valence-electron chi connectivity index (χ3n) is 4.79. The van der Waals surface area contributed by atoms with Crippen LogP contribution in [-0.2, 0) is 11.2 Å². The number of nitrogens with zero attached hydrogens (tertiary/aromatic N) is 4. The molecule has 1 saturated heterocycles. The van der Waals surface area contributed by atoms with Crippen molar-refractivity contribution in [2.45, 2.75) is 12.5 Å². The topological polar surface area (TPSA) is 137 Å². The first-order valence-electron chi connectivity index (χ1n) is 8.03. The predicted molar refractivity (Wildman–Crippen MR) is 84.5 cm³/mol. The first-order chi connectivity index (χ1) is 12.5. The molecular formula is C16H15N5O5. The van der Waals surface area contributed by atoms with Crippen molar-refractivity contribution in [3.05, 3.63) is 52.0 Å². The minimum Gasteiger partial charge on any atom is -0.362 e. The van der Waals surface area contributed by atoms with Crippen LogP contribution in [0.5, 0.6) is 0 Å². The quantitative estimate of drug-likeness (QED) is 0.684. The van der Waals surface area contributed by atoms with E-state index in [0.29, 0.717) is 6.54 Å². The zero-order chi connectivity index (χ0) is 18.4. The van der Waals surface area contributed by atoms with Crippen LogP contribution in [0.4, 0.5) is 0 Å². The average Bonchev–Trinajstić information content (AvgIpc) is 3.02. The third-order valence-corrected chi connectivity index (χ3v) is 4.79. The summed E-state index contributed by atoms with van der Waals surface area (Å²) in [5, 5.41) is 14.8. The van der Waals surface area contributed by atoms with Crippen LogP contribution in [-0.4, -0.2) is 52.3 Å². The SMILES string of the molecule is NC(=O)c1c(C(=O)N2CC(=O)N3CCc4ccccc4C3C2)no[n+]1[O-]. The van der Waals surface area contributed by atoms with Gasteiger partial charge in [-0.3, -0.25) is 19.0 Å². The highest BCUT2D eigenvalue weighted by atomic mass is 16.8. The zero-order valence-electron chi connectivity index (χ0n) is 13.6. The Morgan fingerprint density at radius 3 is 2.88 bits per heavy atom. The number of piperazine rings is 1. The monoisotopic (exact) mass is 357 g/mol. The molecule has 10 nitrogen and oxygen atoms in total. The maximum Gasteiger partial charge on any atom is 0.318 e. The molecule has 1 aromatic heterocycles. The minimum atomic E-state index is -1.13. The lowest BCUT2D eigenvalue weighted by molar-refractivity contribution is -0.803. The highest BCUT2D eigenvalue weighted by Gasteiger charge is 2.42. The fraction of sp³-hybridized carbons (Fsp3) is 0.312. The molecule has 26 heavy (non-hydrogen) atoms. The summed E-state index contributed by atoms with van der Waals surface area (Å²) in [6.07, 6.45) is 0.762. The van der Waals surface area contributed by atoms with E-state index in [1.54, 1.807) is 4.90 Å². The first-order valence-corrected chi connectivity index (χ1v) is 8.03. The van der Waals surface area contributed by atoms with Gasteiger partial charge in [0, 0.05) is 13.1 Å². The number of benzene rings is 1. The number of carbonyl (C=O) groups excluding carboxylic acids is 3. The van der Waals surface area contributed by atoms with Crippen LogP contribution in [0.15, 0.2) is 28.9 Å². The summed E-state index contributed by atoms with van der Waals surface area (Å²) in [5.74, 6) is -2.07. The maximum atomic E-state index is 12.7. The van der Waals surface area contributed by atoms with Gasteiger partial charge in [-0.15, -0.1) is 0 Å². The first kappa shape index (κ1) is 16.1. The molecule has 0 bridgehead atoms. The van der Waals surface area contributed by atoms with Crippen molar-refractivity contribution in [3.8, 4) is 0 Å². The van der Waals surface area contributed by atoms with Gasteiger partial charge in [0.05, 0.1) is 11.2 Å². The smallest absolute Gasteiger partial charge is 0.318 e. The fourth-order valence-electron chi connectivity index (χ4n) is 3.57. The molecule has 0 aliphatic carbocycles. The highest BCUT2D eigenvalue weighted by molar-refractivity contribution is 6.04. The van der Waals surface area contributed by atoms with Crippen LogP contribution in [0, 0.1) is 5.21 Å². The van der Waals surface area contributed by atoms with Crippen LogP contribution in [0.3, 0.4) is 0 Å². The zero-order valence-corrected chi connectivity index (χ0v) is 13.6. The van der Waals surface area contributed by atoms with Gasteiger partial charge in [-0.1, -0.05) is 24.3 Å². The van der Waals surface area contributed by atoms with E-state index in [4.69, 9.17) is 5.73 Å². The largest absolute Gasteiger partial charge is 0.362 e. The lowest BCUT2D eigenvalue weighted by Crippen LogP contribution is -2.56. The molecule has 1 aromatic carbocycles. The number of aromatic nitrogens is 2. The molecule has 2 N–H and O–H groups in total. The molecule has 10 heteroatoms. The Bertz CT molecular complexity index is 924. The van der Waals surface area contributed by atoms with E-state index >= 15 is 0 Å². The van der Waals surface area contributed by atoms with Gasteiger partial charge < -0.3 is 20.7 Å². The molecular weight excluding hydrogens is 342 g/mol. The Balaban J connectivity index is 1.67.